The first-order chi connectivity index (χ1) is 9.11. The lowest BCUT2D eigenvalue weighted by Gasteiger charge is -2.14. The Labute approximate surface area is 118 Å². The number of anilines is 1. The van der Waals surface area contributed by atoms with Crippen LogP contribution >= 0.6 is 12.2 Å². The molecule has 0 heterocycles. The van der Waals surface area contributed by atoms with Gasteiger partial charge in [0.25, 0.3) is 0 Å². The summed E-state index contributed by atoms with van der Waals surface area (Å²) in [6.07, 6.45) is 2.34. The highest BCUT2D eigenvalue weighted by Gasteiger charge is 2.22. The van der Waals surface area contributed by atoms with Gasteiger partial charge in [-0.25, -0.2) is 4.79 Å². The van der Waals surface area contributed by atoms with E-state index in [0.717, 1.165) is 11.3 Å². The molecule has 0 aliphatic heterocycles. The average Bonchev–Trinajstić information content (AvgIpc) is 3.16. The van der Waals surface area contributed by atoms with Crippen molar-refractivity contribution in [3.05, 3.63) is 29.3 Å². The van der Waals surface area contributed by atoms with Crippen molar-refractivity contribution in [2.45, 2.75) is 32.7 Å². The van der Waals surface area contributed by atoms with Crippen molar-refractivity contribution in [2.75, 3.05) is 11.9 Å². The molecule has 0 amide bonds. The Morgan fingerprint density at radius 3 is 2.84 bits per heavy atom. The molecule has 2 rings (SSSR count). The summed E-state index contributed by atoms with van der Waals surface area (Å²) in [6.45, 7) is 4.05. The molecule has 102 valence electrons. The lowest BCUT2D eigenvalue weighted by molar-refractivity contribution is 0.0525. The van der Waals surface area contributed by atoms with Gasteiger partial charge in [0.1, 0.15) is 0 Å². The SMILES string of the molecule is CCOC(=O)c1cccc(NC(=S)NC2CC2)c1C. The van der Waals surface area contributed by atoms with E-state index in [4.69, 9.17) is 17.0 Å². The summed E-state index contributed by atoms with van der Waals surface area (Å²) in [5, 5.41) is 6.94. The highest BCUT2D eigenvalue weighted by molar-refractivity contribution is 7.80. The summed E-state index contributed by atoms with van der Waals surface area (Å²) in [7, 11) is 0. The summed E-state index contributed by atoms with van der Waals surface area (Å²) in [4.78, 5) is 11.8. The van der Waals surface area contributed by atoms with Gasteiger partial charge in [-0.3, -0.25) is 0 Å². The molecular formula is C14H18N2O2S. The van der Waals surface area contributed by atoms with E-state index in [1.54, 1.807) is 13.0 Å². The molecule has 1 aliphatic carbocycles. The molecule has 19 heavy (non-hydrogen) atoms. The van der Waals surface area contributed by atoms with Crippen molar-refractivity contribution in [1.29, 1.82) is 0 Å². The maximum atomic E-state index is 11.8. The molecule has 1 fully saturated rings. The second-order valence-electron chi connectivity index (χ2n) is 4.57. The molecule has 0 radical (unpaired) electrons. The van der Waals surface area contributed by atoms with Crippen molar-refractivity contribution in [3.8, 4) is 0 Å². The first-order valence-electron chi connectivity index (χ1n) is 6.46. The van der Waals surface area contributed by atoms with E-state index in [1.807, 2.05) is 19.1 Å². The fourth-order valence-corrected chi connectivity index (χ4v) is 2.05. The van der Waals surface area contributed by atoms with Gasteiger partial charge in [0, 0.05) is 11.7 Å². The Kier molecular flexibility index (Phi) is 4.37. The molecule has 1 aliphatic rings. The largest absolute Gasteiger partial charge is 0.462 e. The van der Waals surface area contributed by atoms with Crippen molar-refractivity contribution in [3.63, 3.8) is 0 Å². The third kappa shape index (κ3) is 3.67. The van der Waals surface area contributed by atoms with Gasteiger partial charge in [0.05, 0.1) is 12.2 Å². The summed E-state index contributed by atoms with van der Waals surface area (Å²) in [5.74, 6) is -0.301. The van der Waals surface area contributed by atoms with Gasteiger partial charge in [-0.05, 0) is 56.6 Å². The number of benzene rings is 1. The highest BCUT2D eigenvalue weighted by Crippen LogP contribution is 2.21. The van der Waals surface area contributed by atoms with Crippen LogP contribution in [-0.2, 0) is 4.74 Å². The number of hydrogen-bond acceptors (Lipinski definition) is 3. The minimum Gasteiger partial charge on any atom is -0.462 e. The van der Waals surface area contributed by atoms with Crippen LogP contribution in [0, 0.1) is 6.92 Å². The number of carbonyl (C=O) groups is 1. The van der Waals surface area contributed by atoms with Gasteiger partial charge >= 0.3 is 5.97 Å². The molecule has 2 N–H and O–H groups in total. The normalized spacial score (nSPS) is 13.8. The molecule has 1 aromatic rings. The van der Waals surface area contributed by atoms with Crippen LogP contribution in [0.4, 0.5) is 5.69 Å². The predicted octanol–water partition coefficient (Wildman–Crippen LogP) is 2.62. The third-order valence-electron chi connectivity index (χ3n) is 2.99. The zero-order chi connectivity index (χ0) is 13.8. The van der Waals surface area contributed by atoms with E-state index in [1.165, 1.54) is 12.8 Å². The first-order valence-corrected chi connectivity index (χ1v) is 6.87. The molecule has 5 heteroatoms. The second kappa shape index (κ2) is 6.02. The third-order valence-corrected chi connectivity index (χ3v) is 3.21. The monoisotopic (exact) mass is 278 g/mol. The predicted molar refractivity (Wildman–Crippen MR) is 79.5 cm³/mol. The van der Waals surface area contributed by atoms with Gasteiger partial charge in [-0.2, -0.15) is 0 Å². The second-order valence-corrected chi connectivity index (χ2v) is 4.98. The number of ether oxygens (including phenoxy) is 1. The van der Waals surface area contributed by atoms with E-state index >= 15 is 0 Å². The standard InChI is InChI=1S/C14H18N2O2S/c1-3-18-13(17)11-5-4-6-12(9(11)2)16-14(19)15-10-7-8-10/h4-6,10H,3,7-8H2,1-2H3,(H2,15,16,19). The summed E-state index contributed by atoms with van der Waals surface area (Å²) < 4.78 is 5.03. The van der Waals surface area contributed by atoms with E-state index in [9.17, 15) is 4.79 Å². The van der Waals surface area contributed by atoms with Crippen LogP contribution in [0.1, 0.15) is 35.7 Å². The number of thiocarbonyl (C=S) groups is 1. The van der Waals surface area contributed by atoms with Gasteiger partial charge in [-0.1, -0.05) is 6.07 Å². The molecule has 0 saturated heterocycles. The van der Waals surface area contributed by atoms with Crippen LogP contribution in [0.2, 0.25) is 0 Å². The Hall–Kier alpha value is -1.62. The van der Waals surface area contributed by atoms with E-state index < -0.39 is 0 Å². The molecule has 1 saturated carbocycles. The van der Waals surface area contributed by atoms with E-state index in [-0.39, 0.29) is 5.97 Å². The number of carbonyl (C=O) groups excluding carboxylic acids is 1. The lowest BCUT2D eigenvalue weighted by Crippen LogP contribution is -2.30. The maximum Gasteiger partial charge on any atom is 0.338 e. The maximum absolute atomic E-state index is 11.8. The van der Waals surface area contributed by atoms with Crippen LogP contribution in [0.5, 0.6) is 0 Å². The van der Waals surface area contributed by atoms with Crippen molar-refractivity contribution in [2.24, 2.45) is 0 Å². The minimum atomic E-state index is -0.301. The minimum absolute atomic E-state index is 0.301. The van der Waals surface area contributed by atoms with Gasteiger partial charge < -0.3 is 15.4 Å². The van der Waals surface area contributed by atoms with Crippen LogP contribution in [0.25, 0.3) is 0 Å². The van der Waals surface area contributed by atoms with Crippen molar-refractivity contribution >= 4 is 29.0 Å². The van der Waals surface area contributed by atoms with Gasteiger partial charge in [0.2, 0.25) is 0 Å². The Morgan fingerprint density at radius 1 is 1.47 bits per heavy atom. The summed E-state index contributed by atoms with van der Waals surface area (Å²) in [5.41, 5.74) is 2.26. The van der Waals surface area contributed by atoms with Crippen LogP contribution in [0.3, 0.4) is 0 Å². The topological polar surface area (TPSA) is 50.4 Å². The fraction of sp³-hybridized carbons (Fsp3) is 0.429. The zero-order valence-corrected chi connectivity index (χ0v) is 12.0. The number of esters is 1. The van der Waals surface area contributed by atoms with Crippen LogP contribution in [0.15, 0.2) is 18.2 Å². The first kappa shape index (κ1) is 13.8. The quantitative estimate of drug-likeness (QED) is 0.655. The molecular weight excluding hydrogens is 260 g/mol. The number of nitrogens with one attached hydrogen (secondary N) is 2. The van der Waals surface area contributed by atoms with Crippen LogP contribution in [-0.4, -0.2) is 23.7 Å². The van der Waals surface area contributed by atoms with Crippen molar-refractivity contribution < 1.29 is 9.53 Å². The molecule has 4 nitrogen and oxygen atoms in total. The van der Waals surface area contributed by atoms with Crippen LogP contribution < -0.4 is 10.6 Å². The average molecular weight is 278 g/mol. The Balaban J connectivity index is 2.09. The molecule has 1 aromatic carbocycles. The molecule has 0 aromatic heterocycles. The van der Waals surface area contributed by atoms with Crippen molar-refractivity contribution in [1.82, 2.24) is 5.32 Å². The van der Waals surface area contributed by atoms with E-state index in [0.29, 0.717) is 23.3 Å². The lowest BCUT2D eigenvalue weighted by atomic mass is 10.1. The molecule has 0 atom stereocenters. The van der Waals surface area contributed by atoms with Gasteiger partial charge in [-0.15, -0.1) is 0 Å². The Morgan fingerprint density at radius 2 is 2.21 bits per heavy atom. The summed E-state index contributed by atoms with van der Waals surface area (Å²) >= 11 is 5.23. The smallest absolute Gasteiger partial charge is 0.338 e. The van der Waals surface area contributed by atoms with E-state index in [2.05, 4.69) is 10.6 Å². The molecule has 0 unspecified atom stereocenters. The number of rotatable bonds is 4. The van der Waals surface area contributed by atoms with Gasteiger partial charge in [0.15, 0.2) is 5.11 Å². The highest BCUT2D eigenvalue weighted by atomic mass is 32.1. The number of hydrogen-bond donors (Lipinski definition) is 2. The Bertz CT molecular complexity index is 498. The fourth-order valence-electron chi connectivity index (χ4n) is 1.77. The zero-order valence-electron chi connectivity index (χ0n) is 11.2. The molecule has 0 spiro atoms. The summed E-state index contributed by atoms with van der Waals surface area (Å²) in [6, 6.07) is 5.99. The molecule has 0 bridgehead atoms.